The Morgan fingerprint density at radius 1 is 1.47 bits per heavy atom. The van der Waals surface area contributed by atoms with E-state index in [0.29, 0.717) is 11.5 Å². The molecule has 1 unspecified atom stereocenters. The molecule has 1 atom stereocenters. The second-order valence-corrected chi connectivity index (χ2v) is 4.84. The van der Waals surface area contributed by atoms with Crippen LogP contribution in [0.4, 0.5) is 5.69 Å². The number of nitrogens with one attached hydrogen (secondary N) is 1. The third-order valence-corrected chi connectivity index (χ3v) is 3.46. The van der Waals surface area contributed by atoms with E-state index in [1.165, 1.54) is 13.5 Å². The van der Waals surface area contributed by atoms with Crippen LogP contribution in [-0.2, 0) is 9.47 Å². The van der Waals surface area contributed by atoms with Crippen molar-refractivity contribution in [2.75, 3.05) is 32.2 Å². The Bertz CT molecular complexity index is 414. The van der Waals surface area contributed by atoms with E-state index in [0.717, 1.165) is 38.3 Å². The zero-order chi connectivity index (χ0) is 13.5. The zero-order valence-corrected chi connectivity index (χ0v) is 11.4. The van der Waals surface area contributed by atoms with Gasteiger partial charge in [0.25, 0.3) is 0 Å². The van der Waals surface area contributed by atoms with E-state index >= 15 is 0 Å². The summed E-state index contributed by atoms with van der Waals surface area (Å²) >= 11 is 0. The molecule has 1 aromatic carbocycles. The molecule has 0 aliphatic carbocycles. The van der Waals surface area contributed by atoms with E-state index in [-0.39, 0.29) is 5.97 Å². The number of rotatable bonds is 5. The van der Waals surface area contributed by atoms with Gasteiger partial charge in [0.2, 0.25) is 0 Å². The molecule has 104 valence electrons. The van der Waals surface area contributed by atoms with Gasteiger partial charge >= 0.3 is 5.97 Å². The van der Waals surface area contributed by atoms with Gasteiger partial charge < -0.3 is 14.8 Å². The highest BCUT2D eigenvalue weighted by atomic mass is 16.5. The predicted molar refractivity (Wildman–Crippen MR) is 74.4 cm³/mol. The summed E-state index contributed by atoms with van der Waals surface area (Å²) in [6, 6.07) is 7.44. The standard InChI is InChI=1S/C15H21NO3/c1-18-15(17)13-6-2-3-7-14(13)16-9-8-12-5-4-10-19-11-12/h2-3,6-7,12,16H,4-5,8-11H2,1H3. The lowest BCUT2D eigenvalue weighted by Gasteiger charge is -2.22. The average Bonchev–Trinajstić information content (AvgIpc) is 2.48. The molecule has 1 saturated heterocycles. The van der Waals surface area contributed by atoms with E-state index in [9.17, 15) is 4.79 Å². The Labute approximate surface area is 114 Å². The highest BCUT2D eigenvalue weighted by Crippen LogP contribution is 2.19. The molecule has 1 aliphatic heterocycles. The van der Waals surface area contributed by atoms with Gasteiger partial charge in [-0.3, -0.25) is 0 Å². The SMILES string of the molecule is COC(=O)c1ccccc1NCCC1CCCOC1. The minimum absolute atomic E-state index is 0.302. The number of esters is 1. The van der Waals surface area contributed by atoms with E-state index < -0.39 is 0 Å². The molecule has 1 N–H and O–H groups in total. The van der Waals surface area contributed by atoms with Gasteiger partial charge in [-0.1, -0.05) is 12.1 Å². The van der Waals surface area contributed by atoms with Crippen molar-refractivity contribution in [3.63, 3.8) is 0 Å². The summed E-state index contributed by atoms with van der Waals surface area (Å²) in [6.07, 6.45) is 3.46. The molecule has 0 radical (unpaired) electrons. The van der Waals surface area contributed by atoms with Gasteiger partial charge in [-0.15, -0.1) is 0 Å². The summed E-state index contributed by atoms with van der Waals surface area (Å²) in [5.74, 6) is 0.329. The zero-order valence-electron chi connectivity index (χ0n) is 11.4. The molecule has 0 saturated carbocycles. The van der Waals surface area contributed by atoms with Crippen LogP contribution < -0.4 is 5.32 Å². The lowest BCUT2D eigenvalue weighted by atomic mass is 9.98. The van der Waals surface area contributed by atoms with Crippen LogP contribution in [0.1, 0.15) is 29.6 Å². The fourth-order valence-corrected chi connectivity index (χ4v) is 2.37. The normalized spacial score (nSPS) is 18.9. The maximum atomic E-state index is 11.6. The molecular formula is C15H21NO3. The van der Waals surface area contributed by atoms with Crippen molar-refractivity contribution >= 4 is 11.7 Å². The summed E-state index contributed by atoms with van der Waals surface area (Å²) in [5, 5.41) is 3.32. The molecule has 0 spiro atoms. The maximum absolute atomic E-state index is 11.6. The fourth-order valence-electron chi connectivity index (χ4n) is 2.37. The van der Waals surface area contributed by atoms with Crippen LogP contribution in [0.2, 0.25) is 0 Å². The lowest BCUT2D eigenvalue weighted by Crippen LogP contribution is -2.20. The van der Waals surface area contributed by atoms with E-state index in [1.807, 2.05) is 18.2 Å². The Balaban J connectivity index is 1.86. The van der Waals surface area contributed by atoms with Crippen LogP contribution in [-0.4, -0.2) is 32.8 Å². The number of ether oxygens (including phenoxy) is 2. The van der Waals surface area contributed by atoms with Crippen LogP contribution in [0.25, 0.3) is 0 Å². The summed E-state index contributed by atoms with van der Waals surface area (Å²) < 4.78 is 10.2. The van der Waals surface area contributed by atoms with Gasteiger partial charge in [0.15, 0.2) is 0 Å². The Morgan fingerprint density at radius 3 is 3.05 bits per heavy atom. The summed E-state index contributed by atoms with van der Waals surface area (Å²) in [4.78, 5) is 11.6. The molecule has 0 aromatic heterocycles. The highest BCUT2D eigenvalue weighted by molar-refractivity contribution is 5.95. The molecule has 19 heavy (non-hydrogen) atoms. The number of methoxy groups -OCH3 is 1. The van der Waals surface area contributed by atoms with Crippen LogP contribution >= 0.6 is 0 Å². The first-order valence-corrected chi connectivity index (χ1v) is 6.80. The van der Waals surface area contributed by atoms with Crippen LogP contribution in [0.15, 0.2) is 24.3 Å². The van der Waals surface area contributed by atoms with Gasteiger partial charge in [0.05, 0.1) is 12.7 Å². The number of benzene rings is 1. The van der Waals surface area contributed by atoms with E-state index in [2.05, 4.69) is 5.32 Å². The Kier molecular flexibility index (Phi) is 5.21. The molecule has 1 aromatic rings. The first-order valence-electron chi connectivity index (χ1n) is 6.80. The minimum atomic E-state index is -0.302. The largest absolute Gasteiger partial charge is 0.465 e. The van der Waals surface area contributed by atoms with Crippen molar-refractivity contribution in [2.45, 2.75) is 19.3 Å². The molecule has 0 bridgehead atoms. The quantitative estimate of drug-likeness (QED) is 0.830. The summed E-state index contributed by atoms with van der Waals surface area (Å²) in [5.41, 5.74) is 1.43. The van der Waals surface area contributed by atoms with Crippen molar-refractivity contribution in [3.8, 4) is 0 Å². The van der Waals surface area contributed by atoms with Crippen molar-refractivity contribution in [1.29, 1.82) is 0 Å². The third-order valence-electron chi connectivity index (χ3n) is 3.46. The van der Waals surface area contributed by atoms with Gasteiger partial charge in [0, 0.05) is 25.4 Å². The fraction of sp³-hybridized carbons (Fsp3) is 0.533. The second kappa shape index (κ2) is 7.14. The third kappa shape index (κ3) is 3.96. The number of carbonyl (C=O) groups is 1. The maximum Gasteiger partial charge on any atom is 0.339 e. The first kappa shape index (κ1) is 13.9. The second-order valence-electron chi connectivity index (χ2n) is 4.84. The van der Waals surface area contributed by atoms with Crippen LogP contribution in [0.5, 0.6) is 0 Å². The topological polar surface area (TPSA) is 47.6 Å². The van der Waals surface area contributed by atoms with Crippen molar-refractivity contribution < 1.29 is 14.3 Å². The smallest absolute Gasteiger partial charge is 0.339 e. The Morgan fingerprint density at radius 2 is 2.32 bits per heavy atom. The molecule has 4 nitrogen and oxygen atoms in total. The number of carbonyl (C=O) groups excluding carboxylic acids is 1. The molecular weight excluding hydrogens is 242 g/mol. The minimum Gasteiger partial charge on any atom is -0.465 e. The summed E-state index contributed by atoms with van der Waals surface area (Å²) in [7, 11) is 1.40. The molecule has 1 aliphatic rings. The summed E-state index contributed by atoms with van der Waals surface area (Å²) in [6.45, 7) is 2.61. The van der Waals surface area contributed by atoms with Crippen molar-refractivity contribution in [3.05, 3.63) is 29.8 Å². The molecule has 2 rings (SSSR count). The van der Waals surface area contributed by atoms with Gasteiger partial charge in [-0.25, -0.2) is 4.79 Å². The highest BCUT2D eigenvalue weighted by Gasteiger charge is 2.14. The number of hydrogen-bond acceptors (Lipinski definition) is 4. The molecule has 1 fully saturated rings. The van der Waals surface area contributed by atoms with Crippen LogP contribution in [0, 0.1) is 5.92 Å². The van der Waals surface area contributed by atoms with Crippen molar-refractivity contribution in [2.24, 2.45) is 5.92 Å². The number of anilines is 1. The van der Waals surface area contributed by atoms with Crippen LogP contribution in [0.3, 0.4) is 0 Å². The molecule has 0 amide bonds. The van der Waals surface area contributed by atoms with E-state index in [1.54, 1.807) is 6.07 Å². The number of hydrogen-bond donors (Lipinski definition) is 1. The number of para-hydroxylation sites is 1. The Hall–Kier alpha value is -1.55. The van der Waals surface area contributed by atoms with Crippen molar-refractivity contribution in [1.82, 2.24) is 0 Å². The molecule has 4 heteroatoms. The average molecular weight is 263 g/mol. The van der Waals surface area contributed by atoms with Gasteiger partial charge in [0.1, 0.15) is 0 Å². The van der Waals surface area contributed by atoms with Gasteiger partial charge in [-0.05, 0) is 37.3 Å². The van der Waals surface area contributed by atoms with E-state index in [4.69, 9.17) is 9.47 Å². The predicted octanol–water partition coefficient (Wildman–Crippen LogP) is 2.70. The monoisotopic (exact) mass is 263 g/mol. The first-order chi connectivity index (χ1) is 9.31. The lowest BCUT2D eigenvalue weighted by molar-refractivity contribution is 0.0529. The molecule has 1 heterocycles. The van der Waals surface area contributed by atoms with Gasteiger partial charge in [-0.2, -0.15) is 0 Å².